The number of piperazine rings is 1. The zero-order chi connectivity index (χ0) is 30.6. The predicted molar refractivity (Wildman–Crippen MR) is 158 cm³/mol. The summed E-state index contributed by atoms with van der Waals surface area (Å²) >= 11 is 0. The molecule has 230 valence electrons. The van der Waals surface area contributed by atoms with Crippen molar-refractivity contribution in [3.05, 3.63) is 41.6 Å². The summed E-state index contributed by atoms with van der Waals surface area (Å²) in [5, 5.41) is 28.0. The Balaban J connectivity index is 1.28. The first-order chi connectivity index (χ1) is 20.4. The molecular weight excluding hydrogens is 550 g/mol. The zero-order valence-corrected chi connectivity index (χ0v) is 25.4. The van der Waals surface area contributed by atoms with Gasteiger partial charge in [0.15, 0.2) is 5.60 Å². The molecule has 11 nitrogen and oxygen atoms in total. The van der Waals surface area contributed by atoms with E-state index in [0.29, 0.717) is 25.8 Å². The molecule has 7 rings (SSSR count). The lowest BCUT2D eigenvalue weighted by atomic mass is 9.78. The van der Waals surface area contributed by atoms with E-state index in [1.807, 2.05) is 50.2 Å². The second kappa shape index (κ2) is 9.37. The highest BCUT2D eigenvalue weighted by Gasteiger charge is 2.72. The Hall–Kier alpha value is -3.25. The van der Waals surface area contributed by atoms with Gasteiger partial charge in [-0.3, -0.25) is 28.9 Å². The van der Waals surface area contributed by atoms with Crippen molar-refractivity contribution >= 4 is 34.2 Å². The second-order valence-corrected chi connectivity index (χ2v) is 13.5. The van der Waals surface area contributed by atoms with Gasteiger partial charge in [0.1, 0.15) is 12.1 Å². The summed E-state index contributed by atoms with van der Waals surface area (Å²) in [5.74, 6) is -4.65. The molecule has 1 aromatic carbocycles. The highest BCUT2D eigenvalue weighted by Crippen LogP contribution is 2.49. The number of carbonyl (C=O) groups is 3. The van der Waals surface area contributed by atoms with Crippen molar-refractivity contribution in [1.29, 1.82) is 0 Å². The number of aromatic nitrogens is 1. The minimum Gasteiger partial charge on any atom is -0.375 e. The molecule has 4 N–H and O–H groups in total. The van der Waals surface area contributed by atoms with E-state index in [4.69, 9.17) is 4.74 Å². The van der Waals surface area contributed by atoms with Crippen molar-refractivity contribution < 1.29 is 29.3 Å². The monoisotopic (exact) mass is 591 g/mol. The highest BCUT2D eigenvalue weighted by atomic mass is 16.7. The SMILES string of the molecule is CC[C@H](C)[C@H]1C(=O)N2CCC[C@H]2[C@]2(O)O[C@](NC(=O)[C@]3(O)C=C4c5cccc6[nH]cc(c56)C[C@H]4N(C)C3)(C(C)C)C(=O)N12. The standard InChI is InChI=1S/C32H41N5O6/c1-6-18(4)26-27(38)36-12-8-11-24(36)32(42)37(26)29(40)31(43-32,17(2)3)34-28(39)30(41)14-21-20-9-7-10-22-25(20)19(15-33-22)13-23(21)35(5)16-30/h7,9-10,14-15,17-18,23-24,26,33,41-42H,6,8,11-13,16H2,1-5H3,(H,34,39)/t18-,23+,24-,26-,30-,31+,32-/m0/s1. The summed E-state index contributed by atoms with van der Waals surface area (Å²) in [5.41, 5.74) is 0.0146. The van der Waals surface area contributed by atoms with Gasteiger partial charge < -0.3 is 25.4 Å². The Morgan fingerprint density at radius 2 is 2.00 bits per heavy atom. The first-order valence-corrected chi connectivity index (χ1v) is 15.5. The van der Waals surface area contributed by atoms with E-state index in [1.54, 1.807) is 24.8 Å². The lowest BCUT2D eigenvalue weighted by Crippen LogP contribution is -2.72. The summed E-state index contributed by atoms with van der Waals surface area (Å²) in [6.45, 7) is 7.75. The lowest BCUT2D eigenvalue weighted by Gasteiger charge is -2.50. The fraction of sp³-hybridized carbons (Fsp3) is 0.594. The number of rotatable bonds is 5. The number of amides is 3. The maximum absolute atomic E-state index is 14.5. The number of ether oxygens (including phenoxy) is 1. The van der Waals surface area contributed by atoms with Gasteiger partial charge in [0.2, 0.25) is 11.6 Å². The third-order valence-electron chi connectivity index (χ3n) is 10.7. The van der Waals surface area contributed by atoms with Gasteiger partial charge in [-0.1, -0.05) is 46.2 Å². The van der Waals surface area contributed by atoms with Gasteiger partial charge in [0.25, 0.3) is 17.7 Å². The number of fused-ring (bicyclic) bond motifs is 5. The Bertz CT molecular complexity index is 1570. The summed E-state index contributed by atoms with van der Waals surface area (Å²) in [7, 11) is 1.88. The number of nitrogens with zero attached hydrogens (tertiary/aromatic N) is 3. The molecule has 5 heterocycles. The van der Waals surface area contributed by atoms with E-state index in [0.717, 1.165) is 28.5 Å². The van der Waals surface area contributed by atoms with Gasteiger partial charge in [0.05, 0.1) is 0 Å². The summed E-state index contributed by atoms with van der Waals surface area (Å²) in [4.78, 5) is 50.5. The number of hydrogen-bond donors (Lipinski definition) is 4. The maximum atomic E-state index is 14.5. The number of aliphatic hydroxyl groups is 2. The summed E-state index contributed by atoms with van der Waals surface area (Å²) in [6.07, 6.45) is 6.12. The van der Waals surface area contributed by atoms with Crippen LogP contribution in [0.3, 0.4) is 0 Å². The minimum absolute atomic E-state index is 0.00344. The topological polar surface area (TPSA) is 138 Å². The average Bonchev–Trinajstić information content (AvgIpc) is 3.68. The van der Waals surface area contributed by atoms with Crippen LogP contribution in [0, 0.1) is 11.8 Å². The molecule has 0 radical (unpaired) electrons. The lowest BCUT2D eigenvalue weighted by molar-refractivity contribution is -0.324. The summed E-state index contributed by atoms with van der Waals surface area (Å²) < 4.78 is 6.38. The van der Waals surface area contributed by atoms with Crippen molar-refractivity contribution in [2.24, 2.45) is 11.8 Å². The van der Waals surface area contributed by atoms with Crippen molar-refractivity contribution in [3.8, 4) is 0 Å². The van der Waals surface area contributed by atoms with Crippen molar-refractivity contribution in [3.63, 3.8) is 0 Å². The van der Waals surface area contributed by atoms with Gasteiger partial charge >= 0.3 is 0 Å². The number of hydrogen-bond acceptors (Lipinski definition) is 7. The molecule has 5 aliphatic rings. The van der Waals surface area contributed by atoms with Crippen molar-refractivity contribution in [2.45, 2.75) is 88.7 Å². The normalized spacial score (nSPS) is 36.1. The fourth-order valence-electron chi connectivity index (χ4n) is 8.15. The molecule has 3 saturated heterocycles. The molecule has 2 aromatic rings. The Kier molecular flexibility index (Phi) is 6.22. The molecular formula is C32H41N5O6. The summed E-state index contributed by atoms with van der Waals surface area (Å²) in [6, 6.07) is 4.25. The number of benzene rings is 1. The molecule has 0 saturated carbocycles. The second-order valence-electron chi connectivity index (χ2n) is 13.5. The number of nitrogens with one attached hydrogen (secondary N) is 2. The minimum atomic E-state index is -2.10. The molecule has 0 unspecified atom stereocenters. The Morgan fingerprint density at radius 3 is 2.72 bits per heavy atom. The number of carbonyl (C=O) groups excluding carboxylic acids is 3. The smallest absolute Gasteiger partial charge is 0.281 e. The van der Waals surface area contributed by atoms with E-state index >= 15 is 0 Å². The number of H-pyrrole nitrogens is 1. The third-order valence-corrected chi connectivity index (χ3v) is 10.7. The predicted octanol–water partition coefficient (Wildman–Crippen LogP) is 1.55. The highest BCUT2D eigenvalue weighted by molar-refractivity contribution is 6.02. The molecule has 43 heavy (non-hydrogen) atoms. The van der Waals surface area contributed by atoms with Crippen LogP contribution in [-0.2, 0) is 25.5 Å². The van der Waals surface area contributed by atoms with Crippen LogP contribution >= 0.6 is 0 Å². The van der Waals surface area contributed by atoms with E-state index in [-0.39, 0.29) is 24.4 Å². The van der Waals surface area contributed by atoms with Crippen LogP contribution in [-0.4, -0.2) is 103 Å². The third kappa shape index (κ3) is 3.71. The van der Waals surface area contributed by atoms with Crippen LogP contribution in [0.1, 0.15) is 58.1 Å². The van der Waals surface area contributed by atoms with Gasteiger partial charge in [-0.05, 0) is 61.1 Å². The first-order valence-electron chi connectivity index (χ1n) is 15.5. The molecule has 1 aliphatic carbocycles. The van der Waals surface area contributed by atoms with Gasteiger partial charge in [-0.2, -0.15) is 0 Å². The van der Waals surface area contributed by atoms with Crippen LogP contribution in [0.15, 0.2) is 30.5 Å². The van der Waals surface area contributed by atoms with Crippen LogP contribution in [0.2, 0.25) is 0 Å². The van der Waals surface area contributed by atoms with Gasteiger partial charge in [-0.25, -0.2) is 0 Å². The molecule has 0 bridgehead atoms. The van der Waals surface area contributed by atoms with Crippen LogP contribution < -0.4 is 5.32 Å². The van der Waals surface area contributed by atoms with E-state index < -0.39 is 47.1 Å². The van der Waals surface area contributed by atoms with Crippen LogP contribution in [0.5, 0.6) is 0 Å². The average molecular weight is 592 g/mol. The van der Waals surface area contributed by atoms with Crippen molar-refractivity contribution in [2.75, 3.05) is 20.1 Å². The van der Waals surface area contributed by atoms with E-state index in [2.05, 4.69) is 10.3 Å². The molecule has 0 spiro atoms. The fourth-order valence-corrected chi connectivity index (χ4v) is 8.15. The van der Waals surface area contributed by atoms with Gasteiger partial charge in [-0.15, -0.1) is 0 Å². The molecule has 4 aliphatic heterocycles. The molecule has 3 fully saturated rings. The number of likely N-dealkylation sites (N-methyl/N-ethyl adjacent to an activating group) is 1. The van der Waals surface area contributed by atoms with Crippen LogP contribution in [0.4, 0.5) is 0 Å². The first kappa shape index (κ1) is 28.5. The Morgan fingerprint density at radius 1 is 1.23 bits per heavy atom. The van der Waals surface area contributed by atoms with Gasteiger partial charge in [0, 0.05) is 42.1 Å². The zero-order valence-electron chi connectivity index (χ0n) is 25.4. The molecule has 3 amide bonds. The molecule has 1 aromatic heterocycles. The Labute approximate surface area is 250 Å². The van der Waals surface area contributed by atoms with E-state index in [9.17, 15) is 24.6 Å². The number of aromatic amines is 1. The molecule has 7 atom stereocenters. The largest absolute Gasteiger partial charge is 0.375 e. The maximum Gasteiger partial charge on any atom is 0.281 e. The van der Waals surface area contributed by atoms with E-state index in [1.165, 1.54) is 10.5 Å². The molecule has 11 heteroatoms. The number of β-amino-alcohol motifs (C(OH)–C–C–N with tert-alkyl or cyclic N) is 1. The quantitative estimate of drug-likeness (QED) is 0.414. The van der Waals surface area contributed by atoms with Crippen LogP contribution in [0.25, 0.3) is 16.5 Å². The van der Waals surface area contributed by atoms with Crippen molar-refractivity contribution in [1.82, 2.24) is 25.0 Å².